The van der Waals surface area contributed by atoms with Crippen molar-refractivity contribution in [2.24, 2.45) is 5.73 Å². The van der Waals surface area contributed by atoms with E-state index in [9.17, 15) is 4.79 Å². The maximum atomic E-state index is 11.2. The number of primary amides is 1. The van der Waals surface area contributed by atoms with E-state index >= 15 is 0 Å². The normalized spacial score (nSPS) is 23.7. The first-order valence-corrected chi connectivity index (χ1v) is 6.46. The molecule has 4 nitrogen and oxygen atoms in total. The lowest BCUT2D eigenvalue weighted by Crippen LogP contribution is -2.41. The summed E-state index contributed by atoms with van der Waals surface area (Å²) in [7, 11) is 0. The number of anilines is 1. The van der Waals surface area contributed by atoms with Gasteiger partial charge in [-0.05, 0) is 57.0 Å². The molecular formula is C14H21N3O. The van der Waals surface area contributed by atoms with Crippen molar-refractivity contribution in [3.8, 4) is 0 Å². The lowest BCUT2D eigenvalue weighted by molar-refractivity contribution is 0.1000. The Bertz CT molecular complexity index is 445. The van der Waals surface area contributed by atoms with Crippen LogP contribution in [-0.4, -0.2) is 24.5 Å². The molecule has 1 heterocycles. The fourth-order valence-corrected chi connectivity index (χ4v) is 2.53. The molecule has 0 saturated carbocycles. The van der Waals surface area contributed by atoms with Crippen LogP contribution in [-0.2, 0) is 0 Å². The van der Waals surface area contributed by atoms with Gasteiger partial charge in [0.25, 0.3) is 0 Å². The number of carbonyl (C=O) groups is 1. The fourth-order valence-electron chi connectivity index (χ4n) is 2.53. The molecule has 0 aliphatic carbocycles. The molecule has 4 heteroatoms. The zero-order valence-electron chi connectivity index (χ0n) is 11.0. The molecule has 1 aromatic carbocycles. The molecule has 2 atom stereocenters. The first-order valence-electron chi connectivity index (χ1n) is 6.46. The van der Waals surface area contributed by atoms with E-state index in [1.165, 1.54) is 0 Å². The van der Waals surface area contributed by atoms with Crippen molar-refractivity contribution in [3.05, 3.63) is 29.3 Å². The first kappa shape index (κ1) is 12.9. The molecule has 0 spiro atoms. The van der Waals surface area contributed by atoms with Crippen molar-refractivity contribution >= 4 is 11.6 Å². The number of aryl methyl sites for hydroxylation is 1. The van der Waals surface area contributed by atoms with Gasteiger partial charge in [0.15, 0.2) is 0 Å². The first-order chi connectivity index (χ1) is 8.56. The predicted molar refractivity (Wildman–Crippen MR) is 73.8 cm³/mol. The molecule has 1 aliphatic heterocycles. The van der Waals surface area contributed by atoms with Gasteiger partial charge in [-0.3, -0.25) is 4.79 Å². The molecule has 98 valence electrons. The van der Waals surface area contributed by atoms with E-state index in [-0.39, 0.29) is 5.91 Å². The summed E-state index contributed by atoms with van der Waals surface area (Å²) in [5.41, 5.74) is 7.89. The third kappa shape index (κ3) is 3.01. The highest BCUT2D eigenvalue weighted by Gasteiger charge is 2.18. The van der Waals surface area contributed by atoms with Crippen LogP contribution in [0.3, 0.4) is 0 Å². The Balaban J connectivity index is 2.05. The summed E-state index contributed by atoms with van der Waals surface area (Å²) >= 11 is 0. The standard InChI is InChI=1S/C14H21N3O/c1-9-7-11(3-4-13(9)14(15)18)17-12-5-6-16-10(2)8-12/h3-4,7,10,12,16-17H,5-6,8H2,1-2H3,(H2,15,18). The fraction of sp³-hybridized carbons (Fsp3) is 0.500. The predicted octanol–water partition coefficient (Wildman–Crippen LogP) is 1.65. The van der Waals surface area contributed by atoms with Crippen LogP contribution in [0.25, 0.3) is 0 Å². The van der Waals surface area contributed by atoms with E-state index in [1.54, 1.807) is 6.07 Å². The Morgan fingerprint density at radius 2 is 2.28 bits per heavy atom. The third-order valence-electron chi connectivity index (χ3n) is 3.49. The van der Waals surface area contributed by atoms with Gasteiger partial charge in [0.05, 0.1) is 0 Å². The monoisotopic (exact) mass is 247 g/mol. The van der Waals surface area contributed by atoms with E-state index in [4.69, 9.17) is 5.73 Å². The number of rotatable bonds is 3. The van der Waals surface area contributed by atoms with Crippen LogP contribution >= 0.6 is 0 Å². The Morgan fingerprint density at radius 1 is 1.50 bits per heavy atom. The highest BCUT2D eigenvalue weighted by Crippen LogP contribution is 2.19. The molecule has 18 heavy (non-hydrogen) atoms. The van der Waals surface area contributed by atoms with E-state index < -0.39 is 0 Å². The van der Waals surface area contributed by atoms with Crippen molar-refractivity contribution < 1.29 is 4.79 Å². The smallest absolute Gasteiger partial charge is 0.248 e. The van der Waals surface area contributed by atoms with Gasteiger partial charge in [-0.25, -0.2) is 0 Å². The molecule has 1 fully saturated rings. The average Bonchev–Trinajstić information content (AvgIpc) is 2.28. The average molecular weight is 247 g/mol. The Kier molecular flexibility index (Phi) is 3.87. The van der Waals surface area contributed by atoms with Gasteiger partial charge in [-0.15, -0.1) is 0 Å². The van der Waals surface area contributed by atoms with Crippen LogP contribution in [0.15, 0.2) is 18.2 Å². The van der Waals surface area contributed by atoms with Crippen molar-refractivity contribution in [3.63, 3.8) is 0 Å². The number of amides is 1. The van der Waals surface area contributed by atoms with Crippen LogP contribution in [0.5, 0.6) is 0 Å². The summed E-state index contributed by atoms with van der Waals surface area (Å²) in [5.74, 6) is -0.366. The molecular weight excluding hydrogens is 226 g/mol. The largest absolute Gasteiger partial charge is 0.382 e. The Morgan fingerprint density at radius 3 is 2.89 bits per heavy atom. The maximum Gasteiger partial charge on any atom is 0.248 e. The Labute approximate surface area is 108 Å². The summed E-state index contributed by atoms with van der Waals surface area (Å²) in [4.78, 5) is 11.2. The number of hydrogen-bond acceptors (Lipinski definition) is 3. The summed E-state index contributed by atoms with van der Waals surface area (Å²) in [5, 5.41) is 6.96. The SMILES string of the molecule is Cc1cc(NC2CCNC(C)C2)ccc1C(N)=O. The summed E-state index contributed by atoms with van der Waals surface area (Å²) in [6.07, 6.45) is 2.25. The molecule has 0 bridgehead atoms. The lowest BCUT2D eigenvalue weighted by atomic mass is 10.00. The van der Waals surface area contributed by atoms with Crippen LogP contribution in [0.1, 0.15) is 35.7 Å². The minimum atomic E-state index is -0.366. The van der Waals surface area contributed by atoms with E-state index in [2.05, 4.69) is 17.6 Å². The summed E-state index contributed by atoms with van der Waals surface area (Å²) in [6.45, 7) is 5.17. The highest BCUT2D eigenvalue weighted by molar-refractivity contribution is 5.94. The van der Waals surface area contributed by atoms with Crippen molar-refractivity contribution in [1.82, 2.24) is 5.32 Å². The summed E-state index contributed by atoms with van der Waals surface area (Å²) < 4.78 is 0. The number of nitrogens with two attached hydrogens (primary N) is 1. The van der Waals surface area contributed by atoms with E-state index in [0.717, 1.165) is 30.6 Å². The summed E-state index contributed by atoms with van der Waals surface area (Å²) in [6, 6.07) is 6.78. The molecule has 1 amide bonds. The third-order valence-corrected chi connectivity index (χ3v) is 3.49. The topological polar surface area (TPSA) is 67.2 Å². The van der Waals surface area contributed by atoms with Crippen LogP contribution in [0, 0.1) is 6.92 Å². The quantitative estimate of drug-likeness (QED) is 0.760. The minimum Gasteiger partial charge on any atom is -0.382 e. The molecule has 2 unspecified atom stereocenters. The second-order valence-corrected chi connectivity index (χ2v) is 5.11. The Hall–Kier alpha value is -1.55. The van der Waals surface area contributed by atoms with Gasteiger partial charge < -0.3 is 16.4 Å². The molecule has 1 saturated heterocycles. The molecule has 1 aliphatic rings. The van der Waals surface area contributed by atoms with Gasteiger partial charge >= 0.3 is 0 Å². The molecule has 0 aromatic heterocycles. The second-order valence-electron chi connectivity index (χ2n) is 5.11. The lowest BCUT2D eigenvalue weighted by Gasteiger charge is -2.29. The minimum absolute atomic E-state index is 0.366. The molecule has 1 aromatic rings. The van der Waals surface area contributed by atoms with Gasteiger partial charge in [0.2, 0.25) is 5.91 Å². The molecule has 2 rings (SSSR count). The van der Waals surface area contributed by atoms with Gasteiger partial charge in [0.1, 0.15) is 0 Å². The van der Waals surface area contributed by atoms with Crippen LogP contribution < -0.4 is 16.4 Å². The van der Waals surface area contributed by atoms with Crippen molar-refractivity contribution in [2.45, 2.75) is 38.8 Å². The highest BCUT2D eigenvalue weighted by atomic mass is 16.1. The zero-order chi connectivity index (χ0) is 13.1. The molecule has 4 N–H and O–H groups in total. The number of carbonyl (C=O) groups excluding carboxylic acids is 1. The van der Waals surface area contributed by atoms with Gasteiger partial charge in [0, 0.05) is 23.3 Å². The van der Waals surface area contributed by atoms with Crippen LogP contribution in [0.2, 0.25) is 0 Å². The number of benzene rings is 1. The van der Waals surface area contributed by atoms with Gasteiger partial charge in [-0.1, -0.05) is 0 Å². The number of piperidine rings is 1. The van der Waals surface area contributed by atoms with Crippen molar-refractivity contribution in [2.75, 3.05) is 11.9 Å². The number of hydrogen-bond donors (Lipinski definition) is 3. The van der Waals surface area contributed by atoms with Crippen LogP contribution in [0.4, 0.5) is 5.69 Å². The second kappa shape index (κ2) is 5.40. The van der Waals surface area contributed by atoms with E-state index in [1.807, 2.05) is 19.1 Å². The van der Waals surface area contributed by atoms with Crippen molar-refractivity contribution in [1.29, 1.82) is 0 Å². The molecule has 0 radical (unpaired) electrons. The zero-order valence-corrected chi connectivity index (χ0v) is 11.0. The maximum absolute atomic E-state index is 11.2. The number of nitrogens with one attached hydrogen (secondary N) is 2. The van der Waals surface area contributed by atoms with Gasteiger partial charge in [-0.2, -0.15) is 0 Å². The van der Waals surface area contributed by atoms with E-state index in [0.29, 0.717) is 17.6 Å².